The second-order valence-electron chi connectivity index (χ2n) is 6.62. The number of nitrogens with zero attached hydrogens (tertiary/aromatic N) is 3. The number of hydrazone groups is 1. The lowest BCUT2D eigenvalue weighted by molar-refractivity contribution is -0.143. The van der Waals surface area contributed by atoms with E-state index in [-0.39, 0.29) is 5.69 Å². The van der Waals surface area contributed by atoms with E-state index in [4.69, 9.17) is 23.2 Å². The molecule has 0 saturated carbocycles. The number of aromatic nitrogens is 2. The van der Waals surface area contributed by atoms with Gasteiger partial charge >= 0.3 is 6.18 Å². The number of para-hydroxylation sites is 1. The van der Waals surface area contributed by atoms with Crippen LogP contribution in [-0.2, 0) is 6.18 Å². The first kappa shape index (κ1) is 22.4. The number of amides is 1. The third-order valence-electron chi connectivity index (χ3n) is 4.51. The Labute approximate surface area is 194 Å². The van der Waals surface area contributed by atoms with Gasteiger partial charge in [0.1, 0.15) is 0 Å². The minimum atomic E-state index is -4.81. The van der Waals surface area contributed by atoms with Crippen molar-refractivity contribution in [2.75, 3.05) is 5.75 Å². The van der Waals surface area contributed by atoms with Crippen LogP contribution in [0.15, 0.2) is 70.3 Å². The molecule has 5 nitrogen and oxygen atoms in total. The number of nitrogens with one attached hydrogen (secondary N) is 1. The van der Waals surface area contributed by atoms with Gasteiger partial charge in [-0.1, -0.05) is 41.4 Å². The maximum absolute atomic E-state index is 13.7. The highest BCUT2D eigenvalue weighted by Crippen LogP contribution is 2.40. The molecular weight excluding hydrogens is 484 g/mol. The van der Waals surface area contributed by atoms with Crippen LogP contribution in [0.4, 0.5) is 13.2 Å². The molecule has 0 spiro atoms. The van der Waals surface area contributed by atoms with Gasteiger partial charge in [0.2, 0.25) is 0 Å². The van der Waals surface area contributed by atoms with Gasteiger partial charge in [0.05, 0.1) is 28.7 Å². The molecule has 32 heavy (non-hydrogen) atoms. The summed E-state index contributed by atoms with van der Waals surface area (Å²) in [5, 5.41) is 8.49. The summed E-state index contributed by atoms with van der Waals surface area (Å²) in [6.07, 6.45) is -2.63. The summed E-state index contributed by atoms with van der Waals surface area (Å²) >= 11 is 13.9. The van der Waals surface area contributed by atoms with Crippen molar-refractivity contribution >= 4 is 52.1 Å². The lowest BCUT2D eigenvalue weighted by atomic mass is 10.1. The number of carbonyl (C=O) groups excluding carboxylic acids is 1. The molecule has 1 aliphatic heterocycles. The highest BCUT2D eigenvalue weighted by Gasteiger charge is 2.40. The normalized spacial score (nSPS) is 14.0. The Morgan fingerprint density at radius 3 is 2.66 bits per heavy atom. The molecule has 0 saturated heterocycles. The highest BCUT2D eigenvalue weighted by molar-refractivity contribution is 7.99. The minimum absolute atomic E-state index is 0.177. The molecule has 1 aliphatic rings. The molecule has 0 bridgehead atoms. The number of hydrogen-bond acceptors (Lipinski definition) is 4. The van der Waals surface area contributed by atoms with Crippen molar-refractivity contribution in [2.45, 2.75) is 11.1 Å². The molecule has 2 aromatic carbocycles. The van der Waals surface area contributed by atoms with Gasteiger partial charge in [-0.05, 0) is 30.3 Å². The molecule has 0 radical (unpaired) electrons. The minimum Gasteiger partial charge on any atom is -0.267 e. The zero-order valence-electron chi connectivity index (χ0n) is 16.0. The SMILES string of the molecule is O=C(N/N=C\C1=C(Cl)c2cc(Cl)ccc2SC1)c1cnn(-c2ccccc2)c1C(F)(F)F. The predicted octanol–water partition coefficient (Wildman–Crippen LogP) is 6.02. The number of carbonyl (C=O) groups is 1. The number of fused-ring (bicyclic) bond motifs is 1. The maximum atomic E-state index is 13.7. The maximum Gasteiger partial charge on any atom is 0.434 e. The van der Waals surface area contributed by atoms with Crippen LogP contribution < -0.4 is 5.43 Å². The van der Waals surface area contributed by atoms with Crippen molar-refractivity contribution < 1.29 is 18.0 Å². The summed E-state index contributed by atoms with van der Waals surface area (Å²) < 4.78 is 41.8. The molecule has 0 unspecified atom stereocenters. The summed E-state index contributed by atoms with van der Waals surface area (Å²) in [5.74, 6) is -0.563. The fraction of sp³-hybridized carbons (Fsp3) is 0.0952. The van der Waals surface area contributed by atoms with Crippen molar-refractivity contribution in [3.05, 3.63) is 82.1 Å². The van der Waals surface area contributed by atoms with E-state index < -0.39 is 23.3 Å². The Morgan fingerprint density at radius 1 is 1.19 bits per heavy atom. The number of benzene rings is 2. The molecule has 2 heterocycles. The van der Waals surface area contributed by atoms with Gasteiger partial charge in [-0.2, -0.15) is 23.4 Å². The fourth-order valence-electron chi connectivity index (χ4n) is 3.07. The Bertz CT molecular complexity index is 1240. The van der Waals surface area contributed by atoms with Gasteiger partial charge in [-0.3, -0.25) is 4.79 Å². The molecule has 1 amide bonds. The van der Waals surface area contributed by atoms with E-state index in [9.17, 15) is 18.0 Å². The van der Waals surface area contributed by atoms with Crippen LogP contribution in [0.5, 0.6) is 0 Å². The third kappa shape index (κ3) is 4.55. The van der Waals surface area contributed by atoms with E-state index in [1.54, 1.807) is 30.3 Å². The number of alkyl halides is 3. The molecule has 4 rings (SSSR count). The van der Waals surface area contributed by atoms with Crippen molar-refractivity contribution in [1.82, 2.24) is 15.2 Å². The van der Waals surface area contributed by atoms with E-state index in [1.165, 1.54) is 30.1 Å². The zero-order chi connectivity index (χ0) is 22.9. The number of thioether (sulfide) groups is 1. The summed E-state index contributed by atoms with van der Waals surface area (Å²) in [5.41, 5.74) is 1.80. The van der Waals surface area contributed by atoms with E-state index in [1.807, 2.05) is 6.07 Å². The summed E-state index contributed by atoms with van der Waals surface area (Å²) in [7, 11) is 0. The first-order valence-corrected chi connectivity index (χ1v) is 10.9. The lowest BCUT2D eigenvalue weighted by Gasteiger charge is -2.17. The van der Waals surface area contributed by atoms with Gasteiger partial charge in [0, 0.05) is 26.8 Å². The van der Waals surface area contributed by atoms with Gasteiger partial charge < -0.3 is 0 Å². The monoisotopic (exact) mass is 496 g/mol. The lowest BCUT2D eigenvalue weighted by Crippen LogP contribution is -2.23. The first-order chi connectivity index (χ1) is 15.3. The zero-order valence-corrected chi connectivity index (χ0v) is 18.4. The molecule has 3 aromatic rings. The van der Waals surface area contributed by atoms with Crippen LogP contribution in [0.3, 0.4) is 0 Å². The topological polar surface area (TPSA) is 59.3 Å². The van der Waals surface area contributed by atoms with E-state index in [0.29, 0.717) is 26.1 Å². The Balaban J connectivity index is 1.58. The molecule has 11 heteroatoms. The predicted molar refractivity (Wildman–Crippen MR) is 119 cm³/mol. The second-order valence-corrected chi connectivity index (χ2v) is 8.45. The standard InChI is InChI=1S/C21H13Cl2F3N4OS/c22-13-6-7-17-15(8-13)18(23)12(11-32-17)9-27-29-20(31)16-10-28-30(19(16)21(24,25)26)14-4-2-1-3-5-14/h1-10H,11H2,(H,29,31)/b27-9-. The Kier molecular flexibility index (Phi) is 6.32. The largest absolute Gasteiger partial charge is 0.434 e. The smallest absolute Gasteiger partial charge is 0.267 e. The number of rotatable bonds is 4. The average Bonchev–Trinajstić information content (AvgIpc) is 3.22. The Morgan fingerprint density at radius 2 is 1.94 bits per heavy atom. The van der Waals surface area contributed by atoms with Gasteiger partial charge in [-0.25, -0.2) is 10.1 Å². The Hall–Kier alpha value is -2.75. The van der Waals surface area contributed by atoms with Crippen LogP contribution in [0, 0.1) is 0 Å². The van der Waals surface area contributed by atoms with Crippen LogP contribution in [0.25, 0.3) is 10.7 Å². The molecule has 1 aromatic heterocycles. The third-order valence-corrected chi connectivity index (χ3v) is 6.32. The molecule has 1 N–H and O–H groups in total. The van der Waals surface area contributed by atoms with Crippen LogP contribution in [0.2, 0.25) is 5.02 Å². The second kappa shape index (κ2) is 9.01. The quantitative estimate of drug-likeness (QED) is 0.355. The van der Waals surface area contributed by atoms with E-state index in [2.05, 4.69) is 15.6 Å². The average molecular weight is 497 g/mol. The fourth-order valence-corrected chi connectivity index (χ4v) is 4.66. The van der Waals surface area contributed by atoms with Crippen molar-refractivity contribution in [2.24, 2.45) is 5.10 Å². The van der Waals surface area contributed by atoms with E-state index >= 15 is 0 Å². The molecular formula is C21H13Cl2F3N4OS. The van der Waals surface area contributed by atoms with Gasteiger partial charge in [-0.15, -0.1) is 11.8 Å². The number of halogens is 5. The van der Waals surface area contributed by atoms with Crippen molar-refractivity contribution in [3.63, 3.8) is 0 Å². The van der Waals surface area contributed by atoms with Crippen molar-refractivity contribution in [1.29, 1.82) is 0 Å². The molecule has 0 aliphatic carbocycles. The molecule has 0 atom stereocenters. The van der Waals surface area contributed by atoms with Gasteiger partial charge in [0.25, 0.3) is 5.91 Å². The van der Waals surface area contributed by atoms with Gasteiger partial charge in [0.15, 0.2) is 5.69 Å². The van der Waals surface area contributed by atoms with E-state index in [0.717, 1.165) is 16.7 Å². The first-order valence-electron chi connectivity index (χ1n) is 9.11. The van der Waals surface area contributed by atoms with Crippen LogP contribution in [-0.4, -0.2) is 27.7 Å². The summed E-state index contributed by atoms with van der Waals surface area (Å²) in [6.45, 7) is 0. The highest BCUT2D eigenvalue weighted by atomic mass is 35.5. The number of hydrogen-bond donors (Lipinski definition) is 1. The van der Waals surface area contributed by atoms with Crippen molar-refractivity contribution in [3.8, 4) is 5.69 Å². The van der Waals surface area contributed by atoms with Crippen LogP contribution >= 0.6 is 35.0 Å². The van der Waals surface area contributed by atoms with Crippen LogP contribution in [0.1, 0.15) is 21.6 Å². The summed E-state index contributed by atoms with van der Waals surface area (Å²) in [6, 6.07) is 13.1. The molecule has 0 fully saturated rings. The summed E-state index contributed by atoms with van der Waals surface area (Å²) in [4.78, 5) is 13.4. The molecule has 164 valence electrons.